The summed E-state index contributed by atoms with van der Waals surface area (Å²) in [5.41, 5.74) is 3.20. The van der Waals surface area contributed by atoms with Gasteiger partial charge >= 0.3 is 0 Å². The molecule has 8 heteroatoms. The number of aryl methyl sites for hydroxylation is 1. The lowest BCUT2D eigenvalue weighted by molar-refractivity contribution is -0.119. The third kappa shape index (κ3) is 4.20. The Labute approximate surface area is 169 Å². The number of benzene rings is 1. The molecule has 1 aromatic carbocycles. The van der Waals surface area contributed by atoms with Crippen LogP contribution in [0.1, 0.15) is 36.3 Å². The molecule has 3 aromatic rings. The Morgan fingerprint density at radius 2 is 2.14 bits per heavy atom. The number of carbonyl (C=O) groups excluding carboxylic acids is 1. The molecule has 0 saturated heterocycles. The van der Waals surface area contributed by atoms with Gasteiger partial charge < -0.3 is 10.1 Å². The molecule has 28 heavy (non-hydrogen) atoms. The van der Waals surface area contributed by atoms with Crippen LogP contribution in [0.2, 0.25) is 5.02 Å². The summed E-state index contributed by atoms with van der Waals surface area (Å²) in [6.07, 6.45) is 4.04. The van der Waals surface area contributed by atoms with Crippen LogP contribution in [0.25, 0.3) is 0 Å². The average Bonchev–Trinajstić information content (AvgIpc) is 3.22. The minimum Gasteiger partial charge on any atom is -0.497 e. The van der Waals surface area contributed by atoms with Gasteiger partial charge in [0.25, 0.3) is 0 Å². The molecule has 0 saturated carbocycles. The van der Waals surface area contributed by atoms with E-state index in [4.69, 9.17) is 16.3 Å². The molecule has 0 bridgehead atoms. The maximum Gasteiger partial charge on any atom is 0.249 e. The lowest BCUT2D eigenvalue weighted by Crippen LogP contribution is -2.27. The molecule has 7 nitrogen and oxygen atoms in total. The zero-order valence-electron chi connectivity index (χ0n) is 16.4. The van der Waals surface area contributed by atoms with Crippen molar-refractivity contribution in [2.24, 2.45) is 0 Å². The largest absolute Gasteiger partial charge is 0.497 e. The second kappa shape index (κ2) is 8.48. The highest BCUT2D eigenvalue weighted by atomic mass is 35.5. The van der Waals surface area contributed by atoms with Gasteiger partial charge in [-0.2, -0.15) is 10.2 Å². The fourth-order valence-electron chi connectivity index (χ4n) is 3.11. The summed E-state index contributed by atoms with van der Waals surface area (Å²) in [7, 11) is 1.64. The van der Waals surface area contributed by atoms with E-state index in [9.17, 15) is 4.79 Å². The number of nitrogens with zero attached hydrogens (tertiary/aromatic N) is 4. The van der Waals surface area contributed by atoms with Crippen molar-refractivity contribution in [3.05, 3.63) is 58.6 Å². The van der Waals surface area contributed by atoms with Gasteiger partial charge in [0.1, 0.15) is 11.8 Å². The van der Waals surface area contributed by atoms with Gasteiger partial charge in [0.05, 0.1) is 41.9 Å². The Hall–Kier alpha value is -2.80. The number of nitrogens with one attached hydrogen (secondary N) is 1. The van der Waals surface area contributed by atoms with E-state index in [0.29, 0.717) is 23.7 Å². The molecule has 1 atom stereocenters. The number of halogens is 1. The number of hydrogen-bond donors (Lipinski definition) is 1. The summed E-state index contributed by atoms with van der Waals surface area (Å²) in [5.74, 6) is 0.651. The lowest BCUT2D eigenvalue weighted by Gasteiger charge is -2.16. The maximum absolute atomic E-state index is 12.8. The maximum atomic E-state index is 12.8. The zero-order chi connectivity index (χ0) is 20.3. The number of hydrogen-bond acceptors (Lipinski definition) is 4. The summed E-state index contributed by atoms with van der Waals surface area (Å²) in [6.45, 7) is 6.22. The first kappa shape index (κ1) is 19.9. The summed E-state index contributed by atoms with van der Waals surface area (Å²) in [5, 5.41) is 12.3. The first-order chi connectivity index (χ1) is 13.4. The number of methoxy groups -OCH3 is 1. The number of aromatic nitrogens is 4. The molecule has 0 aliphatic rings. The van der Waals surface area contributed by atoms with E-state index in [1.165, 1.54) is 0 Å². The molecule has 0 aliphatic heterocycles. The van der Waals surface area contributed by atoms with Crippen molar-refractivity contribution < 1.29 is 9.53 Å². The normalized spacial score (nSPS) is 12.0. The van der Waals surface area contributed by atoms with Crippen molar-refractivity contribution in [2.75, 3.05) is 12.4 Å². The van der Waals surface area contributed by atoms with E-state index in [0.717, 1.165) is 22.7 Å². The molecule has 1 amide bonds. The van der Waals surface area contributed by atoms with Crippen LogP contribution in [0.5, 0.6) is 5.75 Å². The fraction of sp³-hybridized carbons (Fsp3) is 0.350. The fourth-order valence-corrected chi connectivity index (χ4v) is 3.24. The molecule has 2 aromatic heterocycles. The van der Waals surface area contributed by atoms with Crippen LogP contribution in [-0.2, 0) is 11.3 Å². The molecule has 148 valence electrons. The third-order valence-electron chi connectivity index (χ3n) is 4.60. The number of amides is 1. The van der Waals surface area contributed by atoms with Crippen molar-refractivity contribution in [2.45, 2.75) is 39.8 Å². The molecule has 0 fully saturated rings. The van der Waals surface area contributed by atoms with Gasteiger partial charge in [-0.3, -0.25) is 14.2 Å². The Balaban J connectivity index is 1.71. The van der Waals surface area contributed by atoms with Crippen molar-refractivity contribution in [3.63, 3.8) is 0 Å². The van der Waals surface area contributed by atoms with E-state index in [1.807, 2.05) is 45.0 Å². The van der Waals surface area contributed by atoms with Gasteiger partial charge in [-0.25, -0.2) is 0 Å². The predicted octanol–water partition coefficient (Wildman–Crippen LogP) is 4.00. The topological polar surface area (TPSA) is 74.0 Å². The first-order valence-electron chi connectivity index (χ1n) is 9.10. The molecule has 1 N–H and O–H groups in total. The van der Waals surface area contributed by atoms with E-state index < -0.39 is 6.04 Å². The van der Waals surface area contributed by atoms with E-state index >= 15 is 0 Å². The van der Waals surface area contributed by atoms with E-state index in [2.05, 4.69) is 15.5 Å². The highest BCUT2D eigenvalue weighted by Crippen LogP contribution is 2.24. The molecular formula is C20H24ClN5O2. The quantitative estimate of drug-likeness (QED) is 0.649. The highest BCUT2D eigenvalue weighted by Gasteiger charge is 2.23. The summed E-state index contributed by atoms with van der Waals surface area (Å²) in [6, 6.07) is 7.36. The highest BCUT2D eigenvalue weighted by molar-refractivity contribution is 6.31. The standard InChI is InChI=1S/C20H24ClN5O2/c1-5-18(26-14(3)19(21)13(2)24-26)20(27)23-16-10-22-25(12-16)11-15-7-6-8-17(9-15)28-4/h6-10,12,18H,5,11H2,1-4H3,(H,23,27). The zero-order valence-corrected chi connectivity index (χ0v) is 17.2. The Kier molecular flexibility index (Phi) is 6.04. The monoisotopic (exact) mass is 401 g/mol. The van der Waals surface area contributed by atoms with Gasteiger partial charge in [0.15, 0.2) is 0 Å². The Morgan fingerprint density at radius 1 is 1.36 bits per heavy atom. The van der Waals surface area contributed by atoms with Gasteiger partial charge in [-0.05, 0) is 38.0 Å². The van der Waals surface area contributed by atoms with Crippen LogP contribution < -0.4 is 10.1 Å². The van der Waals surface area contributed by atoms with Crippen molar-refractivity contribution in [1.29, 1.82) is 0 Å². The van der Waals surface area contributed by atoms with Crippen molar-refractivity contribution in [3.8, 4) is 5.75 Å². The summed E-state index contributed by atoms with van der Waals surface area (Å²) >= 11 is 6.23. The van der Waals surface area contributed by atoms with Crippen molar-refractivity contribution in [1.82, 2.24) is 19.6 Å². The number of anilines is 1. The van der Waals surface area contributed by atoms with Gasteiger partial charge in [-0.15, -0.1) is 0 Å². The lowest BCUT2D eigenvalue weighted by atomic mass is 10.2. The second-order valence-electron chi connectivity index (χ2n) is 6.62. The molecule has 2 heterocycles. The molecule has 1 unspecified atom stereocenters. The van der Waals surface area contributed by atoms with Gasteiger partial charge in [0, 0.05) is 6.20 Å². The third-order valence-corrected chi connectivity index (χ3v) is 5.15. The van der Waals surface area contributed by atoms with Gasteiger partial charge in [0.2, 0.25) is 5.91 Å². The number of ether oxygens (including phenoxy) is 1. The predicted molar refractivity (Wildman–Crippen MR) is 109 cm³/mol. The van der Waals surface area contributed by atoms with Crippen LogP contribution >= 0.6 is 11.6 Å². The van der Waals surface area contributed by atoms with Crippen molar-refractivity contribution >= 4 is 23.2 Å². The molecule has 3 rings (SSSR count). The van der Waals surface area contributed by atoms with Crippen LogP contribution in [-0.4, -0.2) is 32.6 Å². The van der Waals surface area contributed by atoms with Crippen LogP contribution in [0.15, 0.2) is 36.7 Å². The SMILES string of the molecule is CCC(C(=O)Nc1cnn(Cc2cccc(OC)c2)c1)n1nc(C)c(Cl)c1C. The van der Waals surface area contributed by atoms with Crippen LogP contribution in [0.4, 0.5) is 5.69 Å². The molecule has 0 aliphatic carbocycles. The molecule has 0 spiro atoms. The second-order valence-corrected chi connectivity index (χ2v) is 7.00. The number of rotatable bonds is 7. The van der Waals surface area contributed by atoms with E-state index in [1.54, 1.807) is 28.9 Å². The molecular weight excluding hydrogens is 378 g/mol. The first-order valence-corrected chi connectivity index (χ1v) is 9.48. The number of carbonyl (C=O) groups is 1. The Bertz CT molecular complexity index is 979. The summed E-state index contributed by atoms with van der Waals surface area (Å²) in [4.78, 5) is 12.8. The van der Waals surface area contributed by atoms with Crippen LogP contribution in [0.3, 0.4) is 0 Å². The van der Waals surface area contributed by atoms with E-state index in [-0.39, 0.29) is 5.91 Å². The Morgan fingerprint density at radius 3 is 2.79 bits per heavy atom. The minimum atomic E-state index is -0.437. The van der Waals surface area contributed by atoms with Crippen LogP contribution in [0, 0.1) is 13.8 Å². The summed E-state index contributed by atoms with van der Waals surface area (Å²) < 4.78 is 8.70. The molecule has 0 radical (unpaired) electrons. The average molecular weight is 402 g/mol. The van der Waals surface area contributed by atoms with Gasteiger partial charge in [-0.1, -0.05) is 30.7 Å². The minimum absolute atomic E-state index is 0.148. The smallest absolute Gasteiger partial charge is 0.249 e.